The summed E-state index contributed by atoms with van der Waals surface area (Å²) < 4.78 is 11.2. The van der Waals surface area contributed by atoms with Crippen LogP contribution in [0.25, 0.3) is 0 Å². The highest BCUT2D eigenvalue weighted by atomic mass is 16.5. The standard InChI is InChI=1S/C15H27NO3/c1-4-18-14(17)15(16-12-5-6-12)8-7-13(9-15)19-10-11(2)3/h11-13,16H,4-10H2,1-3H3. The van der Waals surface area contributed by atoms with E-state index in [1.807, 2.05) is 6.92 Å². The lowest BCUT2D eigenvalue weighted by atomic mass is 9.97. The summed E-state index contributed by atoms with van der Waals surface area (Å²) in [5, 5.41) is 3.51. The molecule has 0 aromatic carbocycles. The Morgan fingerprint density at radius 1 is 1.37 bits per heavy atom. The number of carbonyl (C=O) groups is 1. The van der Waals surface area contributed by atoms with Crippen molar-refractivity contribution in [1.82, 2.24) is 5.32 Å². The van der Waals surface area contributed by atoms with Crippen LogP contribution in [0.3, 0.4) is 0 Å². The third-order valence-corrected chi connectivity index (χ3v) is 3.86. The van der Waals surface area contributed by atoms with Crippen LogP contribution in [0.1, 0.15) is 52.9 Å². The zero-order chi connectivity index (χ0) is 13.9. The maximum Gasteiger partial charge on any atom is 0.326 e. The van der Waals surface area contributed by atoms with E-state index >= 15 is 0 Å². The zero-order valence-corrected chi connectivity index (χ0v) is 12.4. The molecule has 19 heavy (non-hydrogen) atoms. The number of hydrogen-bond donors (Lipinski definition) is 1. The summed E-state index contributed by atoms with van der Waals surface area (Å²) in [5.74, 6) is 0.450. The molecule has 2 saturated carbocycles. The molecule has 2 atom stereocenters. The Kier molecular flexibility index (Phi) is 4.85. The van der Waals surface area contributed by atoms with Gasteiger partial charge >= 0.3 is 5.97 Å². The smallest absolute Gasteiger partial charge is 0.326 e. The van der Waals surface area contributed by atoms with Gasteiger partial charge in [0.15, 0.2) is 0 Å². The van der Waals surface area contributed by atoms with Crippen LogP contribution in [-0.2, 0) is 14.3 Å². The summed E-state index contributed by atoms with van der Waals surface area (Å²) in [6, 6.07) is 0.508. The van der Waals surface area contributed by atoms with E-state index in [2.05, 4.69) is 19.2 Å². The molecule has 2 aliphatic carbocycles. The van der Waals surface area contributed by atoms with Gasteiger partial charge in [0, 0.05) is 19.1 Å². The zero-order valence-electron chi connectivity index (χ0n) is 12.4. The van der Waals surface area contributed by atoms with Gasteiger partial charge in [-0.25, -0.2) is 0 Å². The van der Waals surface area contributed by atoms with Gasteiger partial charge in [-0.15, -0.1) is 0 Å². The van der Waals surface area contributed by atoms with Crippen LogP contribution in [0, 0.1) is 5.92 Å². The van der Waals surface area contributed by atoms with E-state index in [0.29, 0.717) is 18.6 Å². The Morgan fingerprint density at radius 3 is 2.68 bits per heavy atom. The molecule has 0 aromatic rings. The van der Waals surface area contributed by atoms with Gasteiger partial charge in [-0.3, -0.25) is 10.1 Å². The minimum Gasteiger partial charge on any atom is -0.465 e. The lowest BCUT2D eigenvalue weighted by molar-refractivity contribution is -0.151. The van der Waals surface area contributed by atoms with Crippen LogP contribution in [-0.4, -0.2) is 36.9 Å². The van der Waals surface area contributed by atoms with Gasteiger partial charge in [0.25, 0.3) is 0 Å². The minimum absolute atomic E-state index is 0.0856. The SMILES string of the molecule is CCOC(=O)C1(NC2CC2)CCC(OCC(C)C)C1. The molecule has 0 saturated heterocycles. The fraction of sp³-hybridized carbons (Fsp3) is 0.933. The molecule has 1 N–H and O–H groups in total. The monoisotopic (exact) mass is 269 g/mol. The molecule has 0 bridgehead atoms. The molecule has 4 heteroatoms. The van der Waals surface area contributed by atoms with Crippen molar-refractivity contribution >= 4 is 5.97 Å². The quantitative estimate of drug-likeness (QED) is 0.720. The fourth-order valence-corrected chi connectivity index (χ4v) is 2.73. The number of carbonyl (C=O) groups excluding carboxylic acids is 1. The fourth-order valence-electron chi connectivity index (χ4n) is 2.73. The average Bonchev–Trinajstić information content (AvgIpc) is 3.06. The maximum atomic E-state index is 12.3. The highest BCUT2D eigenvalue weighted by Gasteiger charge is 2.49. The van der Waals surface area contributed by atoms with E-state index in [4.69, 9.17) is 9.47 Å². The third kappa shape index (κ3) is 3.93. The molecule has 2 aliphatic rings. The van der Waals surface area contributed by atoms with Crippen LogP contribution < -0.4 is 5.32 Å². The van der Waals surface area contributed by atoms with E-state index in [1.165, 1.54) is 12.8 Å². The summed E-state index contributed by atoms with van der Waals surface area (Å²) in [4.78, 5) is 12.3. The van der Waals surface area contributed by atoms with Gasteiger partial charge in [0.05, 0.1) is 12.7 Å². The predicted octanol–water partition coefficient (Wildman–Crippen LogP) is 2.27. The van der Waals surface area contributed by atoms with E-state index in [9.17, 15) is 4.79 Å². The molecule has 0 heterocycles. The number of ether oxygens (including phenoxy) is 2. The molecule has 2 unspecified atom stereocenters. The Morgan fingerprint density at radius 2 is 2.11 bits per heavy atom. The molecule has 0 aromatic heterocycles. The van der Waals surface area contributed by atoms with E-state index in [1.54, 1.807) is 0 Å². The minimum atomic E-state index is -0.487. The first-order valence-corrected chi connectivity index (χ1v) is 7.62. The van der Waals surface area contributed by atoms with E-state index in [0.717, 1.165) is 25.9 Å². The van der Waals surface area contributed by atoms with Gasteiger partial charge < -0.3 is 9.47 Å². The average molecular weight is 269 g/mol. The van der Waals surface area contributed by atoms with Crippen molar-refractivity contribution in [2.24, 2.45) is 5.92 Å². The molecule has 110 valence electrons. The van der Waals surface area contributed by atoms with Crippen molar-refractivity contribution < 1.29 is 14.3 Å². The van der Waals surface area contributed by atoms with Crippen molar-refractivity contribution in [3.8, 4) is 0 Å². The van der Waals surface area contributed by atoms with E-state index in [-0.39, 0.29) is 12.1 Å². The summed E-state index contributed by atoms with van der Waals surface area (Å²) in [7, 11) is 0. The lowest BCUT2D eigenvalue weighted by Crippen LogP contribution is -2.52. The second-order valence-corrected chi connectivity index (χ2v) is 6.31. The molecule has 2 fully saturated rings. The highest BCUT2D eigenvalue weighted by molar-refractivity contribution is 5.81. The van der Waals surface area contributed by atoms with Crippen molar-refractivity contribution in [1.29, 1.82) is 0 Å². The van der Waals surface area contributed by atoms with Gasteiger partial charge in [0.1, 0.15) is 5.54 Å². The molecule has 0 spiro atoms. The molecule has 4 nitrogen and oxygen atoms in total. The predicted molar refractivity (Wildman–Crippen MR) is 74.0 cm³/mol. The third-order valence-electron chi connectivity index (χ3n) is 3.86. The normalized spacial score (nSPS) is 30.8. The largest absolute Gasteiger partial charge is 0.465 e. The maximum absolute atomic E-state index is 12.3. The summed E-state index contributed by atoms with van der Waals surface area (Å²) >= 11 is 0. The molecular weight excluding hydrogens is 242 g/mol. The molecule has 2 rings (SSSR count). The van der Waals surface area contributed by atoms with Gasteiger partial charge in [0.2, 0.25) is 0 Å². The number of esters is 1. The van der Waals surface area contributed by atoms with Crippen molar-refractivity contribution in [3.63, 3.8) is 0 Å². The first kappa shape index (κ1) is 14.8. The summed E-state index contributed by atoms with van der Waals surface area (Å²) in [6.45, 7) is 7.38. The van der Waals surface area contributed by atoms with Crippen LogP contribution in [0.15, 0.2) is 0 Å². The van der Waals surface area contributed by atoms with Crippen LogP contribution >= 0.6 is 0 Å². The highest BCUT2D eigenvalue weighted by Crippen LogP contribution is 2.36. The van der Waals surface area contributed by atoms with Crippen LogP contribution in [0.5, 0.6) is 0 Å². The Bertz CT molecular complexity index is 315. The second-order valence-electron chi connectivity index (χ2n) is 6.31. The number of nitrogens with one attached hydrogen (secondary N) is 1. The Balaban J connectivity index is 1.93. The first-order valence-electron chi connectivity index (χ1n) is 7.62. The Hall–Kier alpha value is -0.610. The van der Waals surface area contributed by atoms with Gasteiger partial charge in [-0.05, 0) is 38.5 Å². The van der Waals surface area contributed by atoms with Crippen molar-refractivity contribution in [2.45, 2.75) is 70.6 Å². The van der Waals surface area contributed by atoms with Crippen LogP contribution in [0.4, 0.5) is 0 Å². The molecular formula is C15H27NO3. The van der Waals surface area contributed by atoms with Crippen molar-refractivity contribution in [2.75, 3.05) is 13.2 Å². The molecule has 0 radical (unpaired) electrons. The van der Waals surface area contributed by atoms with Crippen molar-refractivity contribution in [3.05, 3.63) is 0 Å². The lowest BCUT2D eigenvalue weighted by Gasteiger charge is -2.28. The summed E-state index contributed by atoms with van der Waals surface area (Å²) in [5.41, 5.74) is -0.487. The van der Waals surface area contributed by atoms with Gasteiger partial charge in [-0.2, -0.15) is 0 Å². The molecule has 0 aliphatic heterocycles. The topological polar surface area (TPSA) is 47.6 Å². The Labute approximate surface area is 116 Å². The van der Waals surface area contributed by atoms with E-state index < -0.39 is 5.54 Å². The first-order chi connectivity index (χ1) is 9.05. The number of rotatable bonds is 7. The second kappa shape index (κ2) is 6.23. The number of hydrogen-bond acceptors (Lipinski definition) is 4. The molecule has 0 amide bonds. The summed E-state index contributed by atoms with van der Waals surface area (Å²) in [6.07, 6.45) is 5.10. The van der Waals surface area contributed by atoms with Gasteiger partial charge in [-0.1, -0.05) is 13.8 Å². The van der Waals surface area contributed by atoms with Crippen LogP contribution in [0.2, 0.25) is 0 Å².